The molecule has 1 spiro atoms. The van der Waals surface area contributed by atoms with Crippen molar-refractivity contribution < 1.29 is 0 Å². The van der Waals surface area contributed by atoms with Gasteiger partial charge in [-0.2, -0.15) is 0 Å². The van der Waals surface area contributed by atoms with Gasteiger partial charge in [-0.15, -0.1) is 11.3 Å². The lowest BCUT2D eigenvalue weighted by atomic mass is 9.68. The monoisotopic (exact) mass is 539 g/mol. The molecule has 1 aliphatic carbocycles. The van der Waals surface area contributed by atoms with E-state index >= 15 is 0 Å². The van der Waals surface area contributed by atoms with Gasteiger partial charge in [0.15, 0.2) is 0 Å². The lowest BCUT2D eigenvalue weighted by molar-refractivity contribution is 0.144. The van der Waals surface area contributed by atoms with Gasteiger partial charge < -0.3 is 4.90 Å². The lowest BCUT2D eigenvalue weighted by Gasteiger charge is -2.45. The van der Waals surface area contributed by atoms with Crippen LogP contribution in [0, 0.1) is 12.3 Å². The maximum atomic E-state index is 6.02. The third kappa shape index (κ3) is 5.57. The van der Waals surface area contributed by atoms with Crippen molar-refractivity contribution in [1.29, 1.82) is 0 Å². The highest BCUT2D eigenvalue weighted by Gasteiger charge is 2.35. The van der Waals surface area contributed by atoms with E-state index in [1.165, 1.54) is 74.8 Å². The molecule has 38 heavy (non-hydrogen) atoms. The largest absolute Gasteiger partial charge is 0.371 e. The first-order valence-electron chi connectivity index (χ1n) is 13.8. The van der Waals surface area contributed by atoms with Gasteiger partial charge in [-0.3, -0.25) is 4.99 Å². The van der Waals surface area contributed by atoms with Gasteiger partial charge in [0.2, 0.25) is 0 Å². The highest BCUT2D eigenvalue weighted by molar-refractivity contribution is 7.13. The van der Waals surface area contributed by atoms with Gasteiger partial charge in [-0.25, -0.2) is 4.98 Å². The molecule has 5 heteroatoms. The van der Waals surface area contributed by atoms with Crippen molar-refractivity contribution in [2.45, 2.75) is 51.9 Å². The minimum absolute atomic E-state index is 0.643. The van der Waals surface area contributed by atoms with E-state index in [4.69, 9.17) is 21.6 Å². The summed E-state index contributed by atoms with van der Waals surface area (Å²) in [6.45, 7) is 4.58. The highest BCUT2D eigenvalue weighted by Crippen LogP contribution is 2.45. The fraction of sp³-hybridized carbons (Fsp3) is 0.333. The Kier molecular flexibility index (Phi) is 7.36. The summed E-state index contributed by atoms with van der Waals surface area (Å²) in [6, 6.07) is 23.0. The number of rotatable bonds is 5. The van der Waals surface area contributed by atoms with Crippen LogP contribution in [0.2, 0.25) is 5.02 Å². The summed E-state index contributed by atoms with van der Waals surface area (Å²) < 4.78 is 0. The fourth-order valence-electron chi connectivity index (χ4n) is 6.04. The molecule has 2 heterocycles. The number of benzene rings is 3. The molecule has 0 atom stereocenters. The minimum atomic E-state index is 0.643. The van der Waals surface area contributed by atoms with E-state index < -0.39 is 0 Å². The van der Waals surface area contributed by atoms with Gasteiger partial charge in [-0.05, 0) is 85.5 Å². The molecule has 0 unspecified atom stereocenters. The van der Waals surface area contributed by atoms with Gasteiger partial charge in [0.1, 0.15) is 5.01 Å². The quantitative estimate of drug-likeness (QED) is 0.236. The van der Waals surface area contributed by atoms with Gasteiger partial charge in [0.05, 0.1) is 11.4 Å². The number of piperidine rings is 1. The standard InChI is InChI=1S/C33H34ClN3S/c1-24-21-30(37-19-17-33(18-20-37)15-3-2-4-16-33)14-9-27(24)22-35-29-12-7-25(8-13-29)31-23-38-32(36-31)26-5-10-28(34)11-6-26/h5-14,21-23H,2-4,15-20H2,1H3. The maximum absolute atomic E-state index is 6.02. The number of hydrogen-bond donors (Lipinski definition) is 0. The molecular formula is C33H34ClN3S. The topological polar surface area (TPSA) is 28.5 Å². The van der Waals surface area contributed by atoms with Crippen LogP contribution < -0.4 is 4.90 Å². The van der Waals surface area contributed by atoms with Gasteiger partial charge in [0.25, 0.3) is 0 Å². The van der Waals surface area contributed by atoms with E-state index in [-0.39, 0.29) is 0 Å². The average molecular weight is 540 g/mol. The van der Waals surface area contributed by atoms with E-state index in [0.717, 1.165) is 32.5 Å². The second-order valence-electron chi connectivity index (χ2n) is 10.9. The number of nitrogens with zero attached hydrogens (tertiary/aromatic N) is 3. The van der Waals surface area contributed by atoms with Gasteiger partial charge >= 0.3 is 0 Å². The van der Waals surface area contributed by atoms with Crippen LogP contribution in [0.5, 0.6) is 0 Å². The first-order chi connectivity index (χ1) is 18.6. The Labute approximate surface area is 235 Å². The van der Waals surface area contributed by atoms with Crippen molar-refractivity contribution in [3.8, 4) is 21.8 Å². The zero-order chi connectivity index (χ0) is 26.0. The van der Waals surface area contributed by atoms with Crippen molar-refractivity contribution in [1.82, 2.24) is 4.98 Å². The third-order valence-corrected chi connectivity index (χ3v) is 9.61. The number of halogens is 1. The van der Waals surface area contributed by atoms with Crippen LogP contribution in [0.4, 0.5) is 11.4 Å². The average Bonchev–Trinajstić information content (AvgIpc) is 3.44. The molecule has 0 bridgehead atoms. The summed E-state index contributed by atoms with van der Waals surface area (Å²) >= 11 is 7.67. The molecule has 2 fully saturated rings. The van der Waals surface area contributed by atoms with Crippen LogP contribution in [0.15, 0.2) is 77.1 Å². The zero-order valence-corrected chi connectivity index (χ0v) is 23.6. The molecule has 1 aromatic heterocycles. The Bertz CT molecular complexity index is 1410. The van der Waals surface area contributed by atoms with E-state index in [2.05, 4.69) is 59.7 Å². The van der Waals surface area contributed by atoms with Crippen LogP contribution in [0.1, 0.15) is 56.1 Å². The first-order valence-corrected chi connectivity index (χ1v) is 15.0. The van der Waals surface area contributed by atoms with Crippen molar-refractivity contribution in [2.75, 3.05) is 18.0 Å². The van der Waals surface area contributed by atoms with Crippen molar-refractivity contribution in [3.05, 3.63) is 88.3 Å². The molecule has 0 N–H and O–H groups in total. The molecular weight excluding hydrogens is 506 g/mol. The van der Waals surface area contributed by atoms with Crippen molar-refractivity contribution in [2.24, 2.45) is 10.4 Å². The number of aryl methyl sites for hydroxylation is 1. The van der Waals surface area contributed by atoms with E-state index in [9.17, 15) is 0 Å². The number of hydrogen-bond acceptors (Lipinski definition) is 4. The second-order valence-corrected chi connectivity index (χ2v) is 12.2. The van der Waals surface area contributed by atoms with E-state index in [1.807, 2.05) is 30.5 Å². The molecule has 3 aromatic carbocycles. The lowest BCUT2D eigenvalue weighted by Crippen LogP contribution is -2.41. The second kappa shape index (κ2) is 11.0. The van der Waals surface area contributed by atoms with E-state index in [1.54, 1.807) is 11.3 Å². The van der Waals surface area contributed by atoms with E-state index in [0.29, 0.717) is 5.41 Å². The molecule has 3 nitrogen and oxygen atoms in total. The Morgan fingerprint density at radius 1 is 0.868 bits per heavy atom. The predicted molar refractivity (Wildman–Crippen MR) is 163 cm³/mol. The molecule has 194 valence electrons. The Hall–Kier alpha value is -2.95. The summed E-state index contributed by atoms with van der Waals surface area (Å²) in [6.07, 6.45) is 11.9. The molecule has 1 saturated carbocycles. The summed E-state index contributed by atoms with van der Waals surface area (Å²) in [4.78, 5) is 12.2. The van der Waals surface area contributed by atoms with Crippen LogP contribution in [0.3, 0.4) is 0 Å². The summed E-state index contributed by atoms with van der Waals surface area (Å²) in [5.74, 6) is 0. The molecule has 1 saturated heterocycles. The number of thiazole rings is 1. The highest BCUT2D eigenvalue weighted by atomic mass is 35.5. The Morgan fingerprint density at radius 2 is 1.58 bits per heavy atom. The Morgan fingerprint density at radius 3 is 2.29 bits per heavy atom. The number of anilines is 1. The van der Waals surface area contributed by atoms with Crippen LogP contribution >= 0.6 is 22.9 Å². The van der Waals surface area contributed by atoms with Crippen LogP contribution in [-0.4, -0.2) is 24.3 Å². The first kappa shape index (κ1) is 25.3. The molecule has 4 aromatic rings. The molecule has 0 radical (unpaired) electrons. The smallest absolute Gasteiger partial charge is 0.124 e. The Balaban J connectivity index is 1.09. The molecule has 6 rings (SSSR count). The summed E-state index contributed by atoms with van der Waals surface area (Å²) in [5.41, 5.74) is 8.55. The van der Waals surface area contributed by atoms with Gasteiger partial charge in [-0.1, -0.05) is 61.2 Å². The van der Waals surface area contributed by atoms with Crippen LogP contribution in [0.25, 0.3) is 21.8 Å². The zero-order valence-electron chi connectivity index (χ0n) is 22.0. The number of aromatic nitrogens is 1. The number of aliphatic imine (C=N–C) groups is 1. The predicted octanol–water partition coefficient (Wildman–Crippen LogP) is 9.74. The van der Waals surface area contributed by atoms with Gasteiger partial charge in [0, 0.05) is 46.5 Å². The molecule has 0 amide bonds. The summed E-state index contributed by atoms with van der Waals surface area (Å²) in [5, 5.41) is 3.84. The summed E-state index contributed by atoms with van der Waals surface area (Å²) in [7, 11) is 0. The fourth-order valence-corrected chi connectivity index (χ4v) is 7.00. The van der Waals surface area contributed by atoms with Crippen LogP contribution in [-0.2, 0) is 0 Å². The third-order valence-electron chi connectivity index (χ3n) is 8.47. The normalized spacial score (nSPS) is 17.4. The van der Waals surface area contributed by atoms with Crippen molar-refractivity contribution >= 4 is 40.5 Å². The molecule has 2 aliphatic rings. The maximum Gasteiger partial charge on any atom is 0.124 e. The minimum Gasteiger partial charge on any atom is -0.371 e. The molecule has 1 aliphatic heterocycles. The van der Waals surface area contributed by atoms with Crippen molar-refractivity contribution in [3.63, 3.8) is 0 Å². The SMILES string of the molecule is Cc1cc(N2CCC3(CCCCC3)CC2)ccc1C=Nc1ccc(-c2csc(-c3ccc(Cl)cc3)n2)cc1.